The first kappa shape index (κ1) is 15.9. The van der Waals surface area contributed by atoms with E-state index in [1.165, 1.54) is 6.92 Å². The minimum Gasteiger partial charge on any atom is -0.364 e. The topological polar surface area (TPSA) is 87.2 Å². The van der Waals surface area contributed by atoms with Gasteiger partial charge in [-0.3, -0.25) is 14.6 Å². The molecule has 2 aromatic heterocycles. The Labute approximate surface area is 140 Å². The number of amides is 2. The van der Waals surface area contributed by atoms with Crippen molar-refractivity contribution < 1.29 is 9.59 Å². The molecular formula is C17H19N5O2. The summed E-state index contributed by atoms with van der Waals surface area (Å²) in [6, 6.07) is 9.35. The largest absolute Gasteiger partial charge is 0.364 e. The smallest absolute Gasteiger partial charge is 0.256 e. The molecule has 0 aromatic carbocycles. The van der Waals surface area contributed by atoms with Gasteiger partial charge in [0.05, 0.1) is 30.0 Å². The summed E-state index contributed by atoms with van der Waals surface area (Å²) in [5.41, 5.74) is 2.31. The molecule has 3 rings (SSSR count). The number of carbonyl (C=O) groups is 2. The van der Waals surface area contributed by atoms with Gasteiger partial charge in [0.25, 0.3) is 5.91 Å². The van der Waals surface area contributed by atoms with Crippen molar-refractivity contribution in [3.8, 4) is 0 Å². The van der Waals surface area contributed by atoms with Gasteiger partial charge in [-0.2, -0.15) is 0 Å². The lowest BCUT2D eigenvalue weighted by atomic mass is 10.2. The molecule has 1 aliphatic rings. The zero-order chi connectivity index (χ0) is 16.9. The molecule has 7 nitrogen and oxygen atoms in total. The van der Waals surface area contributed by atoms with E-state index in [4.69, 9.17) is 0 Å². The lowest BCUT2D eigenvalue weighted by Gasteiger charge is -2.14. The molecule has 2 N–H and O–H groups in total. The van der Waals surface area contributed by atoms with E-state index in [9.17, 15) is 9.59 Å². The lowest BCUT2D eigenvalue weighted by Crippen LogP contribution is -2.34. The monoisotopic (exact) mass is 325 g/mol. The number of nitrogens with one attached hydrogen (secondary N) is 2. The van der Waals surface area contributed by atoms with Crippen LogP contribution in [0.2, 0.25) is 0 Å². The van der Waals surface area contributed by atoms with Crippen LogP contribution in [0.3, 0.4) is 0 Å². The number of hydrogen-bond acceptors (Lipinski definition) is 5. The molecule has 0 saturated heterocycles. The van der Waals surface area contributed by atoms with Crippen molar-refractivity contribution in [2.45, 2.75) is 20.0 Å². The van der Waals surface area contributed by atoms with Crippen LogP contribution in [0.25, 0.3) is 0 Å². The molecule has 124 valence electrons. The maximum atomic E-state index is 12.3. The predicted molar refractivity (Wildman–Crippen MR) is 89.2 cm³/mol. The number of aromatic nitrogens is 2. The highest BCUT2D eigenvalue weighted by molar-refractivity contribution is 5.98. The number of hydrogen-bond donors (Lipinski definition) is 2. The van der Waals surface area contributed by atoms with Gasteiger partial charge in [-0.15, -0.1) is 0 Å². The van der Waals surface area contributed by atoms with Crippen LogP contribution in [0.15, 0.2) is 36.5 Å². The highest BCUT2D eigenvalue weighted by Gasteiger charge is 2.28. The summed E-state index contributed by atoms with van der Waals surface area (Å²) in [7, 11) is 0. The van der Waals surface area contributed by atoms with Crippen LogP contribution in [-0.4, -0.2) is 39.8 Å². The number of pyridine rings is 2. The third kappa shape index (κ3) is 3.68. The molecule has 0 fully saturated rings. The Hall–Kier alpha value is -2.96. The molecule has 0 radical (unpaired) electrons. The normalized spacial score (nSPS) is 12.9. The number of fused-ring (bicyclic) bond motifs is 1. The number of nitrogens with zero attached hydrogens (tertiary/aromatic N) is 3. The molecule has 0 unspecified atom stereocenters. The molecule has 2 amide bonds. The predicted octanol–water partition coefficient (Wildman–Crippen LogP) is 1.18. The Kier molecular flexibility index (Phi) is 4.69. The molecule has 0 aliphatic carbocycles. The van der Waals surface area contributed by atoms with Gasteiger partial charge >= 0.3 is 0 Å². The highest BCUT2D eigenvalue weighted by Crippen LogP contribution is 2.22. The fraction of sp³-hybridized carbons (Fsp3) is 0.294. The number of carbonyl (C=O) groups excluding carboxylic acids is 2. The van der Waals surface area contributed by atoms with E-state index in [1.54, 1.807) is 23.2 Å². The van der Waals surface area contributed by atoms with Gasteiger partial charge in [0, 0.05) is 26.2 Å². The lowest BCUT2D eigenvalue weighted by molar-refractivity contribution is -0.119. The van der Waals surface area contributed by atoms with Gasteiger partial charge in [-0.25, -0.2) is 4.98 Å². The van der Waals surface area contributed by atoms with Crippen LogP contribution in [0.5, 0.6) is 0 Å². The van der Waals surface area contributed by atoms with E-state index in [0.717, 1.165) is 17.2 Å². The van der Waals surface area contributed by atoms with Crippen molar-refractivity contribution in [3.63, 3.8) is 0 Å². The third-order valence-corrected chi connectivity index (χ3v) is 3.76. The minimum absolute atomic E-state index is 0.0425. The highest BCUT2D eigenvalue weighted by atomic mass is 16.2. The standard InChI is InChI=1S/C17H19N5O2/c1-12(23)18-8-9-22-11-15-14(17(22)24)5-6-16(21-15)20-10-13-4-2-3-7-19-13/h2-7H,8-11H2,1H3,(H,18,23)(H,20,21). The van der Waals surface area contributed by atoms with E-state index >= 15 is 0 Å². The van der Waals surface area contributed by atoms with Crippen molar-refractivity contribution in [2.24, 2.45) is 0 Å². The fourth-order valence-electron chi connectivity index (χ4n) is 2.57. The van der Waals surface area contributed by atoms with Crippen molar-refractivity contribution in [1.29, 1.82) is 0 Å². The van der Waals surface area contributed by atoms with Crippen molar-refractivity contribution in [1.82, 2.24) is 20.2 Å². The summed E-state index contributed by atoms with van der Waals surface area (Å²) < 4.78 is 0. The molecule has 0 saturated carbocycles. The van der Waals surface area contributed by atoms with Crippen molar-refractivity contribution >= 4 is 17.6 Å². The molecule has 0 atom stereocenters. The van der Waals surface area contributed by atoms with Crippen LogP contribution in [0, 0.1) is 0 Å². The first-order valence-corrected chi connectivity index (χ1v) is 7.81. The second-order valence-corrected chi connectivity index (χ2v) is 5.58. The molecule has 3 heterocycles. The van der Waals surface area contributed by atoms with Gasteiger partial charge in [0.2, 0.25) is 5.91 Å². The maximum absolute atomic E-state index is 12.3. The quantitative estimate of drug-likeness (QED) is 0.833. The number of rotatable bonds is 6. The summed E-state index contributed by atoms with van der Waals surface area (Å²) in [4.78, 5) is 33.7. The van der Waals surface area contributed by atoms with E-state index < -0.39 is 0 Å². The summed E-state index contributed by atoms with van der Waals surface area (Å²) in [5.74, 6) is 0.577. The minimum atomic E-state index is -0.0988. The Balaban J connectivity index is 1.61. The Morgan fingerprint density at radius 1 is 1.29 bits per heavy atom. The van der Waals surface area contributed by atoms with Crippen LogP contribution in [-0.2, 0) is 17.9 Å². The zero-order valence-electron chi connectivity index (χ0n) is 13.5. The summed E-state index contributed by atoms with van der Waals surface area (Å²) in [5, 5.41) is 5.92. The molecule has 2 aromatic rings. The second kappa shape index (κ2) is 7.08. The molecule has 7 heteroatoms. The van der Waals surface area contributed by atoms with Gasteiger partial charge in [-0.1, -0.05) is 6.07 Å². The summed E-state index contributed by atoms with van der Waals surface area (Å²) in [6.45, 7) is 3.42. The average molecular weight is 325 g/mol. The maximum Gasteiger partial charge on any atom is 0.256 e. The van der Waals surface area contributed by atoms with Crippen LogP contribution < -0.4 is 10.6 Å². The Morgan fingerprint density at radius 3 is 2.92 bits per heavy atom. The molecule has 1 aliphatic heterocycles. The van der Waals surface area contributed by atoms with Crippen LogP contribution in [0.4, 0.5) is 5.82 Å². The van der Waals surface area contributed by atoms with Gasteiger partial charge in [-0.05, 0) is 24.3 Å². The second-order valence-electron chi connectivity index (χ2n) is 5.58. The molecule has 24 heavy (non-hydrogen) atoms. The van der Waals surface area contributed by atoms with E-state index in [0.29, 0.717) is 31.7 Å². The van der Waals surface area contributed by atoms with E-state index in [1.807, 2.05) is 18.2 Å². The van der Waals surface area contributed by atoms with Gasteiger partial charge in [0.15, 0.2) is 0 Å². The zero-order valence-corrected chi connectivity index (χ0v) is 13.5. The summed E-state index contributed by atoms with van der Waals surface area (Å²) in [6.07, 6.45) is 1.75. The summed E-state index contributed by atoms with van der Waals surface area (Å²) >= 11 is 0. The van der Waals surface area contributed by atoms with Gasteiger partial charge in [0.1, 0.15) is 5.82 Å². The fourth-order valence-corrected chi connectivity index (χ4v) is 2.57. The van der Waals surface area contributed by atoms with Crippen molar-refractivity contribution in [2.75, 3.05) is 18.4 Å². The van der Waals surface area contributed by atoms with E-state index in [2.05, 4.69) is 20.6 Å². The third-order valence-electron chi connectivity index (χ3n) is 3.76. The van der Waals surface area contributed by atoms with Gasteiger partial charge < -0.3 is 15.5 Å². The Bertz CT molecular complexity index is 748. The average Bonchev–Trinajstić information content (AvgIpc) is 2.89. The molecule has 0 spiro atoms. The first-order valence-electron chi connectivity index (χ1n) is 7.81. The van der Waals surface area contributed by atoms with Crippen LogP contribution >= 0.6 is 0 Å². The molecule has 0 bridgehead atoms. The Morgan fingerprint density at radius 2 is 2.17 bits per heavy atom. The number of anilines is 1. The van der Waals surface area contributed by atoms with Crippen molar-refractivity contribution in [3.05, 3.63) is 53.5 Å². The SMILES string of the molecule is CC(=O)NCCN1Cc2nc(NCc3ccccn3)ccc2C1=O. The van der Waals surface area contributed by atoms with E-state index in [-0.39, 0.29) is 11.8 Å². The first-order chi connectivity index (χ1) is 11.6. The molecular weight excluding hydrogens is 306 g/mol. The van der Waals surface area contributed by atoms with Crippen LogP contribution in [0.1, 0.15) is 28.7 Å².